The molecule has 4 heterocycles. The van der Waals surface area contributed by atoms with Crippen molar-refractivity contribution in [3.05, 3.63) is 42.5 Å². The summed E-state index contributed by atoms with van der Waals surface area (Å²) in [5.41, 5.74) is 2.45. The molecule has 4 aromatic heterocycles. The molecule has 0 saturated heterocycles. The number of hydrogen-bond acceptors (Lipinski definition) is 6. The Bertz CT molecular complexity index is 1480. The lowest BCUT2D eigenvalue weighted by atomic mass is 9.74. The highest BCUT2D eigenvalue weighted by Gasteiger charge is 2.40. The molecule has 1 aliphatic rings. The second-order valence-corrected chi connectivity index (χ2v) is 7.61. The van der Waals surface area contributed by atoms with Crippen molar-refractivity contribution in [1.29, 1.82) is 0 Å². The first-order valence-electron chi connectivity index (χ1n) is 11.4. The fourth-order valence-corrected chi connectivity index (χ4v) is 3.97. The number of pyridine rings is 1. The lowest BCUT2D eigenvalue weighted by Gasteiger charge is -2.43. The highest BCUT2D eigenvalue weighted by Crippen LogP contribution is 2.34. The average Bonchev–Trinajstić information content (AvgIpc) is 3.35. The Labute approximate surface area is 177 Å². The van der Waals surface area contributed by atoms with E-state index in [2.05, 4.69) is 30.5 Å². The number of rotatable bonds is 4. The molecule has 0 spiro atoms. The van der Waals surface area contributed by atoms with Crippen molar-refractivity contribution in [3.8, 4) is 17.0 Å². The average molecular weight is 410 g/mol. The molecule has 0 aliphatic heterocycles. The molecule has 1 fully saturated rings. The maximum atomic E-state index is 11.8. The number of ether oxygens (including phenoxy) is 1. The third-order valence-electron chi connectivity index (χ3n) is 5.31. The number of carbonyl (C=O) groups is 1. The predicted octanol–water partition coefficient (Wildman–Crippen LogP) is 1.34. The third kappa shape index (κ3) is 3.10. The number of fused-ring (bicyclic) bond motifs is 2. The number of methoxy groups -OCH3 is 1. The highest BCUT2D eigenvalue weighted by atomic mass is 16.5. The summed E-state index contributed by atoms with van der Waals surface area (Å²) in [5, 5.41) is 9.79. The molecule has 0 aromatic carbocycles. The molecule has 5 rings (SSSR count). The summed E-state index contributed by atoms with van der Waals surface area (Å²) < 4.78 is 38.8. The van der Waals surface area contributed by atoms with E-state index in [1.165, 1.54) is 13.4 Å². The van der Waals surface area contributed by atoms with Gasteiger partial charge in [-0.1, -0.05) is 0 Å². The highest BCUT2D eigenvalue weighted by molar-refractivity contribution is 5.84. The summed E-state index contributed by atoms with van der Waals surface area (Å²) in [6, 6.07) is 5.25. The molecule has 10 heteroatoms. The Hall–Kier alpha value is -3.69. The van der Waals surface area contributed by atoms with Gasteiger partial charge in [-0.2, -0.15) is 10.1 Å². The quantitative estimate of drug-likeness (QED) is 0.527. The number of carbonyl (C=O) groups excluding carboxylic acids is 1. The van der Waals surface area contributed by atoms with Crippen molar-refractivity contribution in [2.75, 3.05) is 7.11 Å². The van der Waals surface area contributed by atoms with Gasteiger partial charge in [-0.3, -0.25) is 14.4 Å². The van der Waals surface area contributed by atoms with Crippen LogP contribution in [0.15, 0.2) is 41.9 Å². The van der Waals surface area contributed by atoms with Crippen molar-refractivity contribution in [2.45, 2.75) is 38.2 Å². The number of aromatic amines is 1. The molecule has 154 valence electrons. The van der Waals surface area contributed by atoms with E-state index in [1.807, 2.05) is 18.3 Å². The second kappa shape index (κ2) is 6.68. The van der Waals surface area contributed by atoms with Crippen molar-refractivity contribution < 1.29 is 15.0 Å². The van der Waals surface area contributed by atoms with Gasteiger partial charge in [-0.15, -0.1) is 0 Å². The summed E-state index contributed by atoms with van der Waals surface area (Å²) in [5.74, 6) is -0.675. The lowest BCUT2D eigenvalue weighted by molar-refractivity contribution is -0.121. The molecule has 2 N–H and O–H groups in total. The number of hydrogen-bond donors (Lipinski definition) is 2. The fraction of sp³-hybridized carbons (Fsp3) is 0.350. The van der Waals surface area contributed by atoms with Crippen LogP contribution in [0.3, 0.4) is 0 Å². The van der Waals surface area contributed by atoms with Crippen LogP contribution in [0.4, 0.5) is 0 Å². The van der Waals surface area contributed by atoms with E-state index in [1.54, 1.807) is 22.0 Å². The van der Waals surface area contributed by atoms with Crippen LogP contribution in [-0.2, 0) is 4.79 Å². The molecule has 4 aromatic rings. The van der Waals surface area contributed by atoms with E-state index in [-0.39, 0.29) is 17.8 Å². The van der Waals surface area contributed by atoms with Crippen LogP contribution in [-0.4, -0.2) is 53.8 Å². The van der Waals surface area contributed by atoms with Crippen molar-refractivity contribution in [2.24, 2.45) is 4.99 Å². The van der Waals surface area contributed by atoms with E-state index in [9.17, 15) is 4.79 Å². The zero-order valence-corrected chi connectivity index (χ0v) is 16.4. The molecule has 0 unspecified atom stereocenters. The van der Waals surface area contributed by atoms with Crippen LogP contribution in [0, 0.1) is 0 Å². The zero-order chi connectivity index (χ0) is 24.3. The minimum Gasteiger partial charge on any atom is -0.479 e. The smallest absolute Gasteiger partial charge is 0.243 e. The Kier molecular flexibility index (Phi) is 3.19. The number of amides is 1. The second-order valence-electron chi connectivity index (χ2n) is 7.61. The lowest BCUT2D eigenvalue weighted by Crippen LogP contribution is -2.56. The van der Waals surface area contributed by atoms with Gasteiger partial charge in [0.15, 0.2) is 5.65 Å². The molecule has 1 saturated carbocycles. The van der Waals surface area contributed by atoms with Crippen LogP contribution >= 0.6 is 0 Å². The van der Waals surface area contributed by atoms with Gasteiger partial charge >= 0.3 is 0 Å². The Morgan fingerprint density at radius 2 is 2.33 bits per heavy atom. The Morgan fingerprint density at radius 1 is 1.47 bits per heavy atom. The molecule has 0 radical (unpaired) electrons. The van der Waals surface area contributed by atoms with Crippen LogP contribution in [0.25, 0.3) is 22.3 Å². The Balaban J connectivity index is 1.47. The molecular weight excluding hydrogens is 384 g/mol. The van der Waals surface area contributed by atoms with Gasteiger partial charge in [0.1, 0.15) is 11.8 Å². The predicted molar refractivity (Wildman–Crippen MR) is 109 cm³/mol. The van der Waals surface area contributed by atoms with Gasteiger partial charge in [0.2, 0.25) is 17.4 Å². The number of nitrogens with zero attached hydrogens (tertiary/aromatic N) is 6. The summed E-state index contributed by atoms with van der Waals surface area (Å²) in [6.07, 6.45) is 4.40. The molecule has 10 nitrogen and oxygen atoms in total. The van der Waals surface area contributed by atoms with E-state index in [0.29, 0.717) is 29.9 Å². The molecule has 30 heavy (non-hydrogen) atoms. The van der Waals surface area contributed by atoms with Crippen LogP contribution in [0.2, 0.25) is 0 Å². The van der Waals surface area contributed by atoms with Gasteiger partial charge in [0.25, 0.3) is 0 Å². The van der Waals surface area contributed by atoms with Gasteiger partial charge < -0.3 is 10.1 Å². The summed E-state index contributed by atoms with van der Waals surface area (Å²) in [6.45, 7) is -0.899. The monoisotopic (exact) mass is 410 g/mol. The molecule has 1 amide bonds. The van der Waals surface area contributed by atoms with E-state index in [0.717, 1.165) is 11.1 Å². The standard InChI is InChI=1S/C20H22N8O2/c1-12(29)25-20(2)8-14(9-20)23-19-24-18(30-3)17-15(6-7-27(17)26-19)13-4-5-16-21-11-22-28(16)10-13/h4-7,10-11,14H,8-9H2,1-3H3,(H,23,26)(H,25,29)/i1D3,7D. The van der Waals surface area contributed by atoms with E-state index >= 15 is 0 Å². The summed E-state index contributed by atoms with van der Waals surface area (Å²) in [4.78, 5) is 25.0. The first-order valence-corrected chi connectivity index (χ1v) is 9.39. The van der Waals surface area contributed by atoms with Gasteiger partial charge in [-0.25, -0.2) is 14.5 Å². The summed E-state index contributed by atoms with van der Waals surface area (Å²) in [7, 11) is 1.50. The Morgan fingerprint density at radius 3 is 3.13 bits per heavy atom. The van der Waals surface area contributed by atoms with Gasteiger partial charge in [0, 0.05) is 40.0 Å². The molecular formula is C20H22N8O2. The minimum atomic E-state index is -2.69. The number of H-pyrrole nitrogens is 1. The normalized spacial score (nSPS) is 24.1. The fourth-order valence-electron chi connectivity index (χ4n) is 3.97. The van der Waals surface area contributed by atoms with Crippen LogP contribution in [0.1, 0.15) is 32.1 Å². The van der Waals surface area contributed by atoms with Crippen molar-refractivity contribution in [3.63, 3.8) is 0 Å². The maximum absolute atomic E-state index is 11.8. The van der Waals surface area contributed by atoms with Crippen molar-refractivity contribution in [1.82, 2.24) is 34.5 Å². The molecule has 1 aliphatic carbocycles. The van der Waals surface area contributed by atoms with Gasteiger partial charge in [-0.05, 0) is 38.0 Å². The largest absolute Gasteiger partial charge is 0.479 e. The molecule has 0 atom stereocenters. The molecule has 0 bridgehead atoms. The topological polar surface area (TPSA) is 114 Å². The SMILES string of the molecule is [2H]c1cc(-c2ccc3ncnn3c2)c2c(OC)nc(=NC3CC(C)(NC(=O)C([2H])([2H])[2H])C3)[nH]n12. The maximum Gasteiger partial charge on any atom is 0.243 e. The first-order chi connectivity index (χ1) is 16.1. The van der Waals surface area contributed by atoms with Crippen LogP contribution < -0.4 is 15.7 Å². The van der Waals surface area contributed by atoms with Gasteiger partial charge in [0.05, 0.1) is 14.5 Å². The van der Waals surface area contributed by atoms with Crippen molar-refractivity contribution >= 4 is 17.1 Å². The number of nitrogens with one attached hydrogen (secondary N) is 2. The van der Waals surface area contributed by atoms with Crippen LogP contribution in [0.5, 0.6) is 5.88 Å². The summed E-state index contributed by atoms with van der Waals surface area (Å²) >= 11 is 0. The van der Waals surface area contributed by atoms with E-state index in [4.69, 9.17) is 10.2 Å². The minimum absolute atomic E-state index is 0.174. The first kappa shape index (κ1) is 14.3. The zero-order valence-electron chi connectivity index (χ0n) is 20.4. The van der Waals surface area contributed by atoms with E-state index < -0.39 is 18.3 Å². The third-order valence-corrected chi connectivity index (χ3v) is 5.31. The number of aromatic nitrogens is 6.